The second-order valence-corrected chi connectivity index (χ2v) is 3.36. The molecule has 2 rings (SSSR count). The average Bonchev–Trinajstić information content (AvgIpc) is 2.51. The predicted octanol–water partition coefficient (Wildman–Crippen LogP) is 1.48. The number of hydrogen-bond acceptors (Lipinski definition) is 2. The molecule has 1 aromatic rings. The standard InChI is InChI=1S/C10H10FNO2/c11-8-5-6(13)1-2-7(8)9-3-4-10(14)12-9/h1-2,5,9,13H,3-4H2,(H,12,14)/t9-/m1/s1. The highest BCUT2D eigenvalue weighted by molar-refractivity contribution is 5.78. The Morgan fingerprint density at radius 1 is 1.50 bits per heavy atom. The molecule has 1 aliphatic rings. The maximum absolute atomic E-state index is 13.3. The van der Waals surface area contributed by atoms with Crippen molar-refractivity contribution in [3.63, 3.8) is 0 Å². The lowest BCUT2D eigenvalue weighted by Gasteiger charge is -2.11. The van der Waals surface area contributed by atoms with E-state index in [2.05, 4.69) is 5.32 Å². The van der Waals surface area contributed by atoms with E-state index in [0.717, 1.165) is 6.07 Å². The summed E-state index contributed by atoms with van der Waals surface area (Å²) in [6.07, 6.45) is 1.05. The minimum absolute atomic E-state index is 0.0533. The fourth-order valence-electron chi connectivity index (χ4n) is 1.65. The summed E-state index contributed by atoms with van der Waals surface area (Å²) in [4.78, 5) is 10.9. The van der Waals surface area contributed by atoms with Crippen LogP contribution in [0.3, 0.4) is 0 Å². The number of nitrogens with one attached hydrogen (secondary N) is 1. The lowest BCUT2D eigenvalue weighted by molar-refractivity contribution is -0.119. The molecule has 1 fully saturated rings. The quantitative estimate of drug-likeness (QED) is 0.713. The molecule has 1 amide bonds. The molecular formula is C10H10FNO2. The number of benzene rings is 1. The van der Waals surface area contributed by atoms with Crippen molar-refractivity contribution in [3.05, 3.63) is 29.6 Å². The van der Waals surface area contributed by atoms with Gasteiger partial charge in [-0.05, 0) is 12.5 Å². The third-order valence-electron chi connectivity index (χ3n) is 2.35. The van der Waals surface area contributed by atoms with Crippen LogP contribution in [0.1, 0.15) is 24.4 Å². The molecule has 0 aromatic heterocycles. The first kappa shape index (κ1) is 8.99. The van der Waals surface area contributed by atoms with Crippen molar-refractivity contribution in [1.82, 2.24) is 5.32 Å². The van der Waals surface area contributed by atoms with Crippen molar-refractivity contribution in [2.24, 2.45) is 0 Å². The fraction of sp³-hybridized carbons (Fsp3) is 0.300. The van der Waals surface area contributed by atoms with Crippen LogP contribution >= 0.6 is 0 Å². The molecule has 0 spiro atoms. The number of carbonyl (C=O) groups is 1. The van der Waals surface area contributed by atoms with Gasteiger partial charge in [0.05, 0.1) is 6.04 Å². The van der Waals surface area contributed by atoms with Gasteiger partial charge in [-0.3, -0.25) is 4.79 Å². The maximum Gasteiger partial charge on any atom is 0.220 e. The lowest BCUT2D eigenvalue weighted by Crippen LogP contribution is -2.19. The van der Waals surface area contributed by atoms with Gasteiger partial charge in [0.25, 0.3) is 0 Å². The Morgan fingerprint density at radius 3 is 2.86 bits per heavy atom. The SMILES string of the molecule is O=C1CC[C@H](c2ccc(O)cc2F)N1. The Balaban J connectivity index is 2.28. The zero-order chi connectivity index (χ0) is 10.1. The van der Waals surface area contributed by atoms with Crippen molar-refractivity contribution in [2.75, 3.05) is 0 Å². The van der Waals surface area contributed by atoms with Crippen molar-refractivity contribution < 1.29 is 14.3 Å². The molecule has 74 valence electrons. The number of carbonyl (C=O) groups excluding carboxylic acids is 1. The van der Waals surface area contributed by atoms with Gasteiger partial charge in [-0.1, -0.05) is 6.07 Å². The Bertz CT molecular complexity index is 378. The Kier molecular flexibility index (Phi) is 2.11. The van der Waals surface area contributed by atoms with Crippen LogP contribution in [0.4, 0.5) is 4.39 Å². The molecule has 1 aliphatic heterocycles. The third kappa shape index (κ3) is 1.55. The van der Waals surface area contributed by atoms with Crippen LogP contribution in [0.15, 0.2) is 18.2 Å². The van der Waals surface area contributed by atoms with Gasteiger partial charge >= 0.3 is 0 Å². The molecule has 4 heteroatoms. The minimum atomic E-state index is -0.475. The van der Waals surface area contributed by atoms with Gasteiger partial charge in [-0.15, -0.1) is 0 Å². The second kappa shape index (κ2) is 3.29. The summed E-state index contributed by atoms with van der Waals surface area (Å²) in [6, 6.07) is 3.73. The molecule has 0 bridgehead atoms. The van der Waals surface area contributed by atoms with E-state index in [1.54, 1.807) is 0 Å². The largest absolute Gasteiger partial charge is 0.508 e. The maximum atomic E-state index is 13.3. The number of halogens is 1. The Labute approximate surface area is 80.6 Å². The predicted molar refractivity (Wildman–Crippen MR) is 48.2 cm³/mol. The molecule has 1 saturated heterocycles. The lowest BCUT2D eigenvalue weighted by atomic mass is 10.0. The zero-order valence-corrected chi connectivity index (χ0v) is 7.46. The third-order valence-corrected chi connectivity index (χ3v) is 2.35. The zero-order valence-electron chi connectivity index (χ0n) is 7.46. The van der Waals surface area contributed by atoms with Gasteiger partial charge in [0.2, 0.25) is 5.91 Å². The molecule has 1 heterocycles. The van der Waals surface area contributed by atoms with Crippen LogP contribution in [0.2, 0.25) is 0 Å². The van der Waals surface area contributed by atoms with Gasteiger partial charge in [0.1, 0.15) is 11.6 Å². The molecule has 0 saturated carbocycles. The number of amides is 1. The average molecular weight is 195 g/mol. The minimum Gasteiger partial charge on any atom is -0.508 e. The van der Waals surface area contributed by atoms with E-state index in [4.69, 9.17) is 5.11 Å². The van der Waals surface area contributed by atoms with Gasteiger partial charge in [-0.25, -0.2) is 4.39 Å². The van der Waals surface area contributed by atoms with E-state index in [9.17, 15) is 9.18 Å². The van der Waals surface area contributed by atoms with Crippen LogP contribution in [0.5, 0.6) is 5.75 Å². The highest BCUT2D eigenvalue weighted by atomic mass is 19.1. The molecular weight excluding hydrogens is 185 g/mol. The van der Waals surface area contributed by atoms with Crippen LogP contribution < -0.4 is 5.32 Å². The van der Waals surface area contributed by atoms with Crippen LogP contribution in [0.25, 0.3) is 0 Å². The summed E-state index contributed by atoms with van der Waals surface area (Å²) < 4.78 is 13.3. The molecule has 0 unspecified atom stereocenters. The van der Waals surface area contributed by atoms with Crippen molar-refractivity contribution >= 4 is 5.91 Å². The highest BCUT2D eigenvalue weighted by Crippen LogP contribution is 2.27. The smallest absolute Gasteiger partial charge is 0.220 e. The summed E-state index contributed by atoms with van der Waals surface area (Å²) in [5, 5.41) is 11.7. The van der Waals surface area contributed by atoms with Gasteiger partial charge < -0.3 is 10.4 Å². The molecule has 1 atom stereocenters. The van der Waals surface area contributed by atoms with Crippen LogP contribution in [0, 0.1) is 5.82 Å². The van der Waals surface area contributed by atoms with E-state index >= 15 is 0 Å². The first-order chi connectivity index (χ1) is 6.66. The normalized spacial score (nSPS) is 20.9. The van der Waals surface area contributed by atoms with Crippen molar-refractivity contribution in [1.29, 1.82) is 0 Å². The first-order valence-corrected chi connectivity index (χ1v) is 4.44. The number of phenolic OH excluding ortho intramolecular Hbond substituents is 1. The molecule has 1 aromatic carbocycles. The first-order valence-electron chi connectivity index (χ1n) is 4.44. The number of rotatable bonds is 1. The number of aromatic hydroxyl groups is 1. The highest BCUT2D eigenvalue weighted by Gasteiger charge is 2.24. The van der Waals surface area contributed by atoms with Gasteiger partial charge in [0.15, 0.2) is 0 Å². The van der Waals surface area contributed by atoms with E-state index in [1.807, 2.05) is 0 Å². The van der Waals surface area contributed by atoms with Crippen molar-refractivity contribution in [2.45, 2.75) is 18.9 Å². The van der Waals surface area contributed by atoms with Crippen LogP contribution in [-0.4, -0.2) is 11.0 Å². The number of hydrogen-bond donors (Lipinski definition) is 2. The summed E-state index contributed by atoms with van der Waals surface area (Å²) in [5.41, 5.74) is 0.439. The molecule has 14 heavy (non-hydrogen) atoms. The second-order valence-electron chi connectivity index (χ2n) is 3.36. The Hall–Kier alpha value is -1.58. The fourth-order valence-corrected chi connectivity index (χ4v) is 1.65. The summed E-state index contributed by atoms with van der Waals surface area (Å²) in [7, 11) is 0. The number of phenols is 1. The summed E-state index contributed by atoms with van der Waals surface area (Å²) >= 11 is 0. The molecule has 0 aliphatic carbocycles. The van der Waals surface area contributed by atoms with E-state index in [1.165, 1.54) is 12.1 Å². The topological polar surface area (TPSA) is 49.3 Å². The van der Waals surface area contributed by atoms with Crippen LogP contribution in [-0.2, 0) is 4.79 Å². The van der Waals surface area contributed by atoms with Gasteiger partial charge in [-0.2, -0.15) is 0 Å². The summed E-state index contributed by atoms with van der Waals surface area (Å²) in [6.45, 7) is 0. The molecule has 2 N–H and O–H groups in total. The van der Waals surface area contributed by atoms with E-state index < -0.39 is 5.82 Å². The Morgan fingerprint density at radius 2 is 2.29 bits per heavy atom. The van der Waals surface area contributed by atoms with E-state index in [-0.39, 0.29) is 17.7 Å². The molecule has 0 radical (unpaired) electrons. The van der Waals surface area contributed by atoms with Gasteiger partial charge in [0, 0.05) is 18.1 Å². The van der Waals surface area contributed by atoms with E-state index in [0.29, 0.717) is 18.4 Å². The molecule has 3 nitrogen and oxygen atoms in total. The monoisotopic (exact) mass is 195 g/mol. The summed E-state index contributed by atoms with van der Waals surface area (Å²) in [5.74, 6) is -0.629. The van der Waals surface area contributed by atoms with Crippen molar-refractivity contribution in [3.8, 4) is 5.75 Å².